The Hall–Kier alpha value is -2.76. The number of anilines is 2. The molecule has 9 heteroatoms. The van der Waals surface area contributed by atoms with Crippen LogP contribution in [0.2, 0.25) is 5.02 Å². The van der Waals surface area contributed by atoms with E-state index in [1.165, 1.54) is 12.1 Å². The number of nitriles is 1. The van der Waals surface area contributed by atoms with Crippen molar-refractivity contribution in [2.45, 2.75) is 18.7 Å². The largest absolute Gasteiger partial charge is 0.417 e. The SMILES string of the molecule is N#Cc1ccc(NC(=O)C(O)CN2CCc3cc(Cl)ccc32)cc1C(F)(F)F. The molecule has 0 saturated heterocycles. The van der Waals surface area contributed by atoms with Gasteiger partial charge in [0.25, 0.3) is 5.91 Å². The first-order valence-corrected chi connectivity index (χ1v) is 8.70. The van der Waals surface area contributed by atoms with E-state index in [0.717, 1.165) is 23.7 Å². The highest BCUT2D eigenvalue weighted by molar-refractivity contribution is 6.30. The van der Waals surface area contributed by atoms with Crippen molar-refractivity contribution in [1.29, 1.82) is 5.26 Å². The molecule has 0 spiro atoms. The third-order valence-corrected chi connectivity index (χ3v) is 4.68. The third-order valence-electron chi connectivity index (χ3n) is 4.44. The second-order valence-electron chi connectivity index (χ2n) is 6.34. The van der Waals surface area contributed by atoms with Crippen molar-refractivity contribution in [3.05, 3.63) is 58.1 Å². The summed E-state index contributed by atoms with van der Waals surface area (Å²) in [5.41, 5.74) is 0.0194. The Morgan fingerprint density at radius 2 is 2.07 bits per heavy atom. The van der Waals surface area contributed by atoms with Gasteiger partial charge in [-0.25, -0.2) is 0 Å². The summed E-state index contributed by atoms with van der Waals surface area (Å²) < 4.78 is 39.1. The number of amides is 1. The number of carbonyl (C=O) groups is 1. The van der Waals surface area contributed by atoms with Crippen molar-refractivity contribution >= 4 is 28.9 Å². The maximum absolute atomic E-state index is 13.0. The summed E-state index contributed by atoms with van der Waals surface area (Å²) in [5.74, 6) is -0.833. The summed E-state index contributed by atoms with van der Waals surface area (Å²) in [6.45, 7) is 0.581. The second-order valence-corrected chi connectivity index (χ2v) is 6.78. The van der Waals surface area contributed by atoms with Gasteiger partial charge in [-0.05, 0) is 48.4 Å². The number of carbonyl (C=O) groups excluding carboxylic acids is 1. The van der Waals surface area contributed by atoms with E-state index in [9.17, 15) is 23.1 Å². The molecule has 1 unspecified atom stereocenters. The van der Waals surface area contributed by atoms with Gasteiger partial charge in [-0.3, -0.25) is 4.79 Å². The van der Waals surface area contributed by atoms with E-state index >= 15 is 0 Å². The average molecular weight is 410 g/mol. The van der Waals surface area contributed by atoms with Crippen LogP contribution in [0.4, 0.5) is 24.5 Å². The number of β-amino-alcohol motifs (C(OH)–C–C–N with tert-alkyl or cyclic N) is 1. The number of fused-ring (bicyclic) bond motifs is 1. The number of nitrogens with one attached hydrogen (secondary N) is 1. The summed E-state index contributed by atoms with van der Waals surface area (Å²) in [4.78, 5) is 14.0. The van der Waals surface area contributed by atoms with Crippen molar-refractivity contribution in [2.24, 2.45) is 0 Å². The number of hydrogen-bond donors (Lipinski definition) is 2. The maximum atomic E-state index is 13.0. The summed E-state index contributed by atoms with van der Waals surface area (Å²) in [7, 11) is 0. The standard InChI is InChI=1S/C19H15ClF3N3O2/c20-13-2-4-16-11(7-13)5-6-26(16)10-17(27)18(28)25-14-3-1-12(9-24)15(8-14)19(21,22)23/h1-4,7-8,17,27H,5-6,10H2,(H,25,28). The number of halogens is 4. The zero-order valence-corrected chi connectivity index (χ0v) is 15.2. The molecule has 1 amide bonds. The van der Waals surface area contributed by atoms with E-state index in [1.807, 2.05) is 11.0 Å². The monoisotopic (exact) mass is 409 g/mol. The molecule has 0 radical (unpaired) electrons. The summed E-state index contributed by atoms with van der Waals surface area (Å²) in [6.07, 6.45) is -5.47. The van der Waals surface area contributed by atoms with Crippen LogP contribution in [-0.4, -0.2) is 30.2 Å². The number of hydrogen-bond acceptors (Lipinski definition) is 4. The molecule has 5 nitrogen and oxygen atoms in total. The number of aliphatic hydroxyl groups excluding tert-OH is 1. The molecule has 146 valence electrons. The molecule has 0 aromatic heterocycles. The Bertz CT molecular complexity index is 956. The minimum atomic E-state index is -4.73. The number of nitrogens with zero attached hydrogens (tertiary/aromatic N) is 2. The van der Waals surface area contributed by atoms with Crippen molar-refractivity contribution < 1.29 is 23.1 Å². The van der Waals surface area contributed by atoms with Crippen LogP contribution in [0.1, 0.15) is 16.7 Å². The molecule has 1 aliphatic rings. The molecule has 1 heterocycles. The smallest absolute Gasteiger partial charge is 0.381 e. The van der Waals surface area contributed by atoms with E-state index < -0.39 is 29.3 Å². The van der Waals surface area contributed by atoms with Crippen LogP contribution in [0, 0.1) is 11.3 Å². The van der Waals surface area contributed by atoms with Gasteiger partial charge in [-0.1, -0.05) is 11.6 Å². The zero-order valence-electron chi connectivity index (χ0n) is 14.4. The van der Waals surface area contributed by atoms with Crippen molar-refractivity contribution in [2.75, 3.05) is 23.3 Å². The molecule has 2 aromatic rings. The van der Waals surface area contributed by atoms with E-state index in [2.05, 4.69) is 5.32 Å². The predicted octanol–water partition coefficient (Wildman–Crippen LogP) is 3.59. The summed E-state index contributed by atoms with van der Waals surface area (Å²) in [6, 6.07) is 9.63. The summed E-state index contributed by atoms with van der Waals surface area (Å²) >= 11 is 5.95. The fraction of sp³-hybridized carbons (Fsp3) is 0.263. The molecule has 2 aromatic carbocycles. The van der Waals surface area contributed by atoms with Gasteiger partial charge in [0.2, 0.25) is 0 Å². The highest BCUT2D eigenvalue weighted by Gasteiger charge is 2.34. The molecular formula is C19H15ClF3N3O2. The Morgan fingerprint density at radius 3 is 2.75 bits per heavy atom. The van der Waals surface area contributed by atoms with Crippen molar-refractivity contribution in [1.82, 2.24) is 0 Å². The predicted molar refractivity (Wildman–Crippen MR) is 98.2 cm³/mol. The molecule has 0 bridgehead atoms. The Kier molecular flexibility index (Phi) is 5.49. The number of benzene rings is 2. The first-order valence-electron chi connectivity index (χ1n) is 8.32. The molecule has 28 heavy (non-hydrogen) atoms. The molecule has 3 rings (SSSR count). The van der Waals surface area contributed by atoms with Gasteiger partial charge < -0.3 is 15.3 Å². The van der Waals surface area contributed by atoms with Gasteiger partial charge in [-0.15, -0.1) is 0 Å². The lowest BCUT2D eigenvalue weighted by Gasteiger charge is -2.22. The van der Waals surface area contributed by atoms with Crippen LogP contribution in [0.3, 0.4) is 0 Å². The van der Waals surface area contributed by atoms with Crippen molar-refractivity contribution in [3.8, 4) is 6.07 Å². The molecular weight excluding hydrogens is 395 g/mol. The zero-order chi connectivity index (χ0) is 20.5. The molecule has 1 aliphatic heterocycles. The van der Waals surface area contributed by atoms with Gasteiger partial charge in [0.15, 0.2) is 6.10 Å². The van der Waals surface area contributed by atoms with Gasteiger partial charge in [0, 0.05) is 22.9 Å². The minimum Gasteiger partial charge on any atom is -0.381 e. The first kappa shape index (κ1) is 20.0. The summed E-state index contributed by atoms with van der Waals surface area (Å²) in [5, 5.41) is 21.9. The van der Waals surface area contributed by atoms with E-state index in [1.54, 1.807) is 12.1 Å². The van der Waals surface area contributed by atoms with Gasteiger partial charge >= 0.3 is 6.18 Å². The maximum Gasteiger partial charge on any atom is 0.417 e. The Labute approximate surface area is 163 Å². The lowest BCUT2D eigenvalue weighted by molar-refractivity contribution is -0.137. The highest BCUT2D eigenvalue weighted by atomic mass is 35.5. The fourth-order valence-corrected chi connectivity index (χ4v) is 3.29. The molecule has 0 saturated carbocycles. The van der Waals surface area contributed by atoms with Crippen LogP contribution in [0.25, 0.3) is 0 Å². The molecule has 1 atom stereocenters. The second kappa shape index (κ2) is 7.70. The Balaban J connectivity index is 1.70. The lowest BCUT2D eigenvalue weighted by Crippen LogP contribution is -2.39. The van der Waals surface area contributed by atoms with Gasteiger partial charge in [-0.2, -0.15) is 18.4 Å². The number of alkyl halides is 3. The fourth-order valence-electron chi connectivity index (χ4n) is 3.10. The van der Waals surface area contributed by atoms with Crippen LogP contribution in [-0.2, 0) is 17.4 Å². The number of rotatable bonds is 4. The normalized spacial score (nSPS) is 14.4. The van der Waals surface area contributed by atoms with Gasteiger partial charge in [0.05, 0.1) is 23.7 Å². The molecule has 0 fully saturated rings. The molecule has 2 N–H and O–H groups in total. The molecule has 0 aliphatic carbocycles. The lowest BCUT2D eigenvalue weighted by atomic mass is 10.1. The van der Waals surface area contributed by atoms with Crippen LogP contribution >= 0.6 is 11.6 Å². The van der Waals surface area contributed by atoms with Crippen LogP contribution in [0.15, 0.2) is 36.4 Å². The van der Waals surface area contributed by atoms with Crippen molar-refractivity contribution in [3.63, 3.8) is 0 Å². The van der Waals surface area contributed by atoms with E-state index in [4.69, 9.17) is 16.9 Å². The first-order chi connectivity index (χ1) is 13.2. The van der Waals surface area contributed by atoms with E-state index in [0.29, 0.717) is 17.6 Å². The number of aliphatic hydroxyl groups is 1. The minimum absolute atomic E-state index is 0.0110. The quantitative estimate of drug-likeness (QED) is 0.809. The van der Waals surface area contributed by atoms with Crippen LogP contribution < -0.4 is 10.2 Å². The topological polar surface area (TPSA) is 76.4 Å². The van der Waals surface area contributed by atoms with E-state index in [-0.39, 0.29) is 12.2 Å². The van der Waals surface area contributed by atoms with Crippen LogP contribution in [0.5, 0.6) is 0 Å². The Morgan fingerprint density at radius 1 is 1.32 bits per heavy atom. The third kappa shape index (κ3) is 4.21. The highest BCUT2D eigenvalue weighted by Crippen LogP contribution is 2.34. The average Bonchev–Trinajstić information content (AvgIpc) is 3.02. The van der Waals surface area contributed by atoms with Gasteiger partial charge in [0.1, 0.15) is 0 Å².